The summed E-state index contributed by atoms with van der Waals surface area (Å²) in [5.41, 5.74) is 4.86. The SMILES string of the molecule is Cc1cn([C@H]2C[C@@](O)(N=[N+]=[N-])[C@@H](COP(=O)(O)OP(=O)(O)O)O2)c(=O)[nH]c1=O. The van der Waals surface area contributed by atoms with Crippen molar-refractivity contribution in [2.45, 2.75) is 31.4 Å². The number of hydrogen-bond donors (Lipinski definition) is 5. The second-order valence-corrected chi connectivity index (χ2v) is 8.50. The van der Waals surface area contributed by atoms with E-state index in [1.165, 1.54) is 6.92 Å². The summed E-state index contributed by atoms with van der Waals surface area (Å²) in [5.74, 6) is 0. The average molecular weight is 443 g/mol. The summed E-state index contributed by atoms with van der Waals surface area (Å²) >= 11 is 0. The molecule has 0 aliphatic carbocycles. The molecular weight excluding hydrogens is 428 g/mol. The summed E-state index contributed by atoms with van der Waals surface area (Å²) in [5, 5.41) is 13.6. The van der Waals surface area contributed by atoms with E-state index in [0.717, 1.165) is 10.8 Å². The highest BCUT2D eigenvalue weighted by atomic mass is 31.3. The van der Waals surface area contributed by atoms with Crippen molar-refractivity contribution in [3.05, 3.63) is 43.0 Å². The summed E-state index contributed by atoms with van der Waals surface area (Å²) in [6.07, 6.45) is -2.29. The van der Waals surface area contributed by atoms with Crippen LogP contribution >= 0.6 is 15.6 Å². The summed E-state index contributed by atoms with van der Waals surface area (Å²) < 4.78 is 36.4. The molecule has 1 aliphatic heterocycles. The van der Waals surface area contributed by atoms with Gasteiger partial charge in [-0.25, -0.2) is 13.9 Å². The summed E-state index contributed by atoms with van der Waals surface area (Å²) in [6, 6.07) is 0. The quantitative estimate of drug-likeness (QED) is 0.153. The van der Waals surface area contributed by atoms with Crippen molar-refractivity contribution >= 4 is 15.6 Å². The van der Waals surface area contributed by atoms with Gasteiger partial charge in [0, 0.05) is 23.1 Å². The van der Waals surface area contributed by atoms with Crippen LogP contribution in [0.4, 0.5) is 0 Å². The first-order chi connectivity index (χ1) is 12.8. The molecular formula is C10H15N5O11P2. The van der Waals surface area contributed by atoms with Gasteiger partial charge in [-0.05, 0) is 12.5 Å². The van der Waals surface area contributed by atoms with Crippen LogP contribution in [0.1, 0.15) is 18.2 Å². The molecule has 5 N–H and O–H groups in total. The lowest BCUT2D eigenvalue weighted by Crippen LogP contribution is -2.38. The molecule has 0 aromatic carbocycles. The van der Waals surface area contributed by atoms with Gasteiger partial charge in [0.25, 0.3) is 5.56 Å². The fourth-order valence-electron chi connectivity index (χ4n) is 2.37. The normalized spacial score (nSPS) is 27.2. The summed E-state index contributed by atoms with van der Waals surface area (Å²) in [4.78, 5) is 54.2. The van der Waals surface area contributed by atoms with E-state index in [4.69, 9.17) is 20.1 Å². The van der Waals surface area contributed by atoms with E-state index < -0.39 is 58.0 Å². The molecule has 1 unspecified atom stereocenters. The highest BCUT2D eigenvalue weighted by Gasteiger charge is 2.49. The Morgan fingerprint density at radius 2 is 2.11 bits per heavy atom. The zero-order chi connectivity index (χ0) is 21.3. The lowest BCUT2D eigenvalue weighted by molar-refractivity contribution is -0.0782. The second-order valence-electron chi connectivity index (χ2n) is 5.67. The van der Waals surface area contributed by atoms with Crippen LogP contribution in [0.15, 0.2) is 20.9 Å². The average Bonchev–Trinajstić information content (AvgIpc) is 2.83. The number of nitrogens with zero attached hydrogens (tertiary/aromatic N) is 4. The van der Waals surface area contributed by atoms with Gasteiger partial charge in [-0.15, -0.1) is 0 Å². The predicted octanol–water partition coefficient (Wildman–Crippen LogP) is -0.642. The first kappa shape index (κ1) is 22.5. The maximum absolute atomic E-state index is 11.9. The molecule has 28 heavy (non-hydrogen) atoms. The molecule has 156 valence electrons. The Hall–Kier alpha value is -1.83. The standard InChI is InChI=1S/C10H15N5O11P2/c1-5-3-15(9(17)12-8(5)16)7-2-10(18,13-14-11)6(25-7)4-24-28(22,23)26-27(19,20)21/h3,6-7,18H,2,4H2,1H3,(H,22,23)(H,12,16,17)(H2,19,20,21)/t6-,7-,10+/m1/s1. The molecule has 0 radical (unpaired) electrons. The van der Waals surface area contributed by atoms with E-state index in [9.17, 15) is 28.7 Å². The van der Waals surface area contributed by atoms with Crippen LogP contribution in [-0.2, 0) is 22.7 Å². The van der Waals surface area contributed by atoms with Crippen molar-refractivity contribution in [3.63, 3.8) is 0 Å². The van der Waals surface area contributed by atoms with Crippen molar-refractivity contribution in [2.75, 3.05) is 6.61 Å². The second kappa shape index (κ2) is 7.89. The molecule has 16 nitrogen and oxygen atoms in total. The van der Waals surface area contributed by atoms with E-state index in [-0.39, 0.29) is 5.56 Å². The molecule has 1 fully saturated rings. The van der Waals surface area contributed by atoms with Gasteiger partial charge in [0.2, 0.25) is 0 Å². The minimum atomic E-state index is -5.37. The number of aromatic nitrogens is 2. The molecule has 0 bridgehead atoms. The molecule has 4 atom stereocenters. The van der Waals surface area contributed by atoms with Crippen molar-refractivity contribution in [1.82, 2.24) is 9.55 Å². The molecule has 1 aliphatic rings. The maximum atomic E-state index is 11.9. The molecule has 2 rings (SSSR count). The number of azide groups is 1. The number of aromatic amines is 1. The highest BCUT2D eigenvalue weighted by Crippen LogP contribution is 2.58. The zero-order valence-corrected chi connectivity index (χ0v) is 15.8. The van der Waals surface area contributed by atoms with Crippen LogP contribution in [0, 0.1) is 6.92 Å². The minimum Gasteiger partial charge on any atom is -0.381 e. The molecule has 1 aromatic heterocycles. The number of ether oxygens (including phenoxy) is 1. The first-order valence-electron chi connectivity index (χ1n) is 7.27. The van der Waals surface area contributed by atoms with Crippen LogP contribution < -0.4 is 11.2 Å². The van der Waals surface area contributed by atoms with Gasteiger partial charge in [0.15, 0.2) is 5.72 Å². The number of hydrogen-bond acceptors (Lipinski definition) is 9. The van der Waals surface area contributed by atoms with Gasteiger partial charge in [0.05, 0.1) is 6.61 Å². The van der Waals surface area contributed by atoms with E-state index in [2.05, 4.69) is 18.9 Å². The van der Waals surface area contributed by atoms with Gasteiger partial charge >= 0.3 is 21.3 Å². The van der Waals surface area contributed by atoms with Crippen LogP contribution in [0.5, 0.6) is 0 Å². The number of phosphoric acid groups is 2. The van der Waals surface area contributed by atoms with Crippen LogP contribution in [0.25, 0.3) is 10.4 Å². The Bertz CT molecular complexity index is 1010. The van der Waals surface area contributed by atoms with Crippen LogP contribution in [0.2, 0.25) is 0 Å². The molecule has 1 saturated heterocycles. The van der Waals surface area contributed by atoms with E-state index in [1.54, 1.807) is 0 Å². The number of aryl methyl sites for hydroxylation is 1. The molecule has 0 amide bonds. The Labute approximate surface area is 154 Å². The van der Waals surface area contributed by atoms with Crippen molar-refractivity contribution in [2.24, 2.45) is 5.11 Å². The van der Waals surface area contributed by atoms with Crippen LogP contribution in [0.3, 0.4) is 0 Å². The predicted molar refractivity (Wildman–Crippen MR) is 87.6 cm³/mol. The van der Waals surface area contributed by atoms with Crippen molar-refractivity contribution in [1.29, 1.82) is 0 Å². The summed E-state index contributed by atoms with van der Waals surface area (Å²) in [7, 11) is -10.6. The Morgan fingerprint density at radius 3 is 2.68 bits per heavy atom. The lowest BCUT2D eigenvalue weighted by atomic mass is 10.1. The van der Waals surface area contributed by atoms with Crippen LogP contribution in [-0.4, -0.2) is 47.8 Å². The summed E-state index contributed by atoms with van der Waals surface area (Å²) in [6.45, 7) is 0.391. The molecule has 1 aromatic rings. The third kappa shape index (κ3) is 5.37. The highest BCUT2D eigenvalue weighted by molar-refractivity contribution is 7.60. The molecule has 18 heteroatoms. The topological polar surface area (TPSA) is 246 Å². The van der Waals surface area contributed by atoms with E-state index >= 15 is 0 Å². The zero-order valence-electron chi connectivity index (χ0n) is 14.0. The molecule has 2 heterocycles. The third-order valence-electron chi connectivity index (χ3n) is 3.58. The third-order valence-corrected chi connectivity index (χ3v) is 5.74. The largest absolute Gasteiger partial charge is 0.481 e. The first-order valence-corrected chi connectivity index (χ1v) is 10.3. The fraction of sp³-hybridized carbons (Fsp3) is 0.600. The van der Waals surface area contributed by atoms with Gasteiger partial charge in [-0.3, -0.25) is 18.9 Å². The molecule has 0 spiro atoms. The fourth-order valence-corrected chi connectivity index (χ4v) is 3.96. The number of H-pyrrole nitrogens is 1. The van der Waals surface area contributed by atoms with Gasteiger partial charge in [-0.2, -0.15) is 4.31 Å². The molecule has 0 saturated carbocycles. The Morgan fingerprint density at radius 1 is 1.46 bits per heavy atom. The minimum absolute atomic E-state index is 0.130. The Kier molecular flexibility index (Phi) is 6.33. The lowest BCUT2D eigenvalue weighted by Gasteiger charge is -2.23. The Balaban J connectivity index is 2.27. The number of aliphatic hydroxyl groups is 1. The monoisotopic (exact) mass is 443 g/mol. The van der Waals surface area contributed by atoms with Crippen molar-refractivity contribution in [3.8, 4) is 0 Å². The van der Waals surface area contributed by atoms with E-state index in [0.29, 0.717) is 0 Å². The van der Waals surface area contributed by atoms with Crippen molar-refractivity contribution < 1.29 is 42.5 Å². The number of phosphoric ester groups is 1. The smallest absolute Gasteiger partial charge is 0.381 e. The number of rotatable bonds is 7. The van der Waals surface area contributed by atoms with E-state index in [1.807, 2.05) is 4.98 Å². The maximum Gasteiger partial charge on any atom is 0.481 e. The van der Waals surface area contributed by atoms with Gasteiger partial charge in [0.1, 0.15) is 12.3 Å². The van der Waals surface area contributed by atoms with Gasteiger partial charge < -0.3 is 24.5 Å². The number of nitrogens with one attached hydrogen (secondary N) is 1. The van der Waals surface area contributed by atoms with Gasteiger partial charge in [-0.1, -0.05) is 5.11 Å².